The van der Waals surface area contributed by atoms with E-state index in [-0.39, 0.29) is 24.7 Å². The van der Waals surface area contributed by atoms with Gasteiger partial charge in [-0.3, -0.25) is 14.5 Å². The molecule has 1 aliphatic rings. The number of nitrogens with zero attached hydrogens (tertiary/aromatic N) is 1. The number of rotatable bonds is 3. The van der Waals surface area contributed by atoms with Gasteiger partial charge in [0.2, 0.25) is 11.8 Å². The molecule has 94 valence electrons. The molecule has 0 aliphatic carbocycles. The van der Waals surface area contributed by atoms with Gasteiger partial charge >= 0.3 is 5.97 Å². The molecule has 0 N–H and O–H groups in total. The van der Waals surface area contributed by atoms with Crippen molar-refractivity contribution >= 4 is 17.8 Å². The van der Waals surface area contributed by atoms with E-state index >= 15 is 0 Å². The summed E-state index contributed by atoms with van der Waals surface area (Å²) in [5.41, 5.74) is 0.577. The molecule has 0 saturated carbocycles. The summed E-state index contributed by atoms with van der Waals surface area (Å²) in [6, 6.07) is 7.71. The van der Waals surface area contributed by atoms with Crippen molar-refractivity contribution in [1.82, 2.24) is 4.90 Å². The Morgan fingerprint density at radius 3 is 2.22 bits per heavy atom. The Morgan fingerprint density at radius 2 is 1.72 bits per heavy atom. The predicted octanol–water partition coefficient (Wildman–Crippen LogP) is 1.05. The molecule has 1 aromatic rings. The molecular formula is C13H13NO4. The third kappa shape index (κ3) is 2.11. The van der Waals surface area contributed by atoms with Gasteiger partial charge in [0.1, 0.15) is 0 Å². The SMILES string of the molecule is COC(=O)[C@H](c1ccccc1)N1C(=O)CCC1=O. The van der Waals surface area contributed by atoms with Gasteiger partial charge in [-0.05, 0) is 5.56 Å². The summed E-state index contributed by atoms with van der Waals surface area (Å²) in [6.07, 6.45) is 0.304. The summed E-state index contributed by atoms with van der Waals surface area (Å²) in [4.78, 5) is 36.3. The van der Waals surface area contributed by atoms with Crippen LogP contribution < -0.4 is 0 Å². The van der Waals surface area contributed by atoms with Gasteiger partial charge in [0.25, 0.3) is 0 Å². The second kappa shape index (κ2) is 5.00. The minimum atomic E-state index is -0.973. The molecule has 1 heterocycles. The Kier molecular flexibility index (Phi) is 3.41. The van der Waals surface area contributed by atoms with E-state index in [1.165, 1.54) is 7.11 Å². The number of carbonyl (C=O) groups excluding carboxylic acids is 3. The van der Waals surface area contributed by atoms with E-state index in [1.807, 2.05) is 0 Å². The van der Waals surface area contributed by atoms with Crippen molar-refractivity contribution < 1.29 is 19.1 Å². The highest BCUT2D eigenvalue weighted by molar-refractivity contribution is 6.05. The number of hydrogen-bond donors (Lipinski definition) is 0. The van der Waals surface area contributed by atoms with E-state index in [2.05, 4.69) is 0 Å². The lowest BCUT2D eigenvalue weighted by molar-refractivity contribution is -0.156. The van der Waals surface area contributed by atoms with Gasteiger partial charge in [-0.15, -0.1) is 0 Å². The van der Waals surface area contributed by atoms with Crippen molar-refractivity contribution in [2.45, 2.75) is 18.9 Å². The third-order valence-corrected chi connectivity index (χ3v) is 2.89. The average Bonchev–Trinajstić information content (AvgIpc) is 2.72. The molecule has 18 heavy (non-hydrogen) atoms. The molecule has 1 atom stereocenters. The van der Waals surface area contributed by atoms with Crippen LogP contribution in [0.25, 0.3) is 0 Å². The van der Waals surface area contributed by atoms with E-state index < -0.39 is 12.0 Å². The molecule has 0 aromatic heterocycles. The third-order valence-electron chi connectivity index (χ3n) is 2.89. The van der Waals surface area contributed by atoms with Crippen LogP contribution in [0.15, 0.2) is 30.3 Å². The number of likely N-dealkylation sites (tertiary alicyclic amines) is 1. The van der Waals surface area contributed by atoms with Crippen molar-refractivity contribution in [3.63, 3.8) is 0 Å². The van der Waals surface area contributed by atoms with Crippen molar-refractivity contribution in [3.05, 3.63) is 35.9 Å². The number of ether oxygens (including phenoxy) is 1. The van der Waals surface area contributed by atoms with Crippen LogP contribution in [0.1, 0.15) is 24.4 Å². The number of amides is 2. The highest BCUT2D eigenvalue weighted by Crippen LogP contribution is 2.27. The van der Waals surface area contributed by atoms with E-state index in [9.17, 15) is 14.4 Å². The molecule has 5 heteroatoms. The first-order chi connectivity index (χ1) is 8.65. The number of benzene rings is 1. The van der Waals surface area contributed by atoms with E-state index in [0.29, 0.717) is 5.56 Å². The summed E-state index contributed by atoms with van der Waals surface area (Å²) in [6.45, 7) is 0. The van der Waals surface area contributed by atoms with Crippen molar-refractivity contribution in [1.29, 1.82) is 0 Å². The van der Waals surface area contributed by atoms with Crippen LogP contribution in [-0.4, -0.2) is 29.8 Å². The minimum Gasteiger partial charge on any atom is -0.467 e. The Labute approximate surface area is 104 Å². The summed E-state index contributed by atoms with van der Waals surface area (Å²) in [7, 11) is 1.24. The Bertz CT molecular complexity index is 467. The van der Waals surface area contributed by atoms with Gasteiger partial charge in [-0.25, -0.2) is 4.79 Å². The molecule has 1 aliphatic heterocycles. The number of esters is 1. The Balaban J connectivity index is 2.40. The molecular weight excluding hydrogens is 234 g/mol. The van der Waals surface area contributed by atoms with Gasteiger partial charge in [0.05, 0.1) is 7.11 Å². The molecule has 0 radical (unpaired) electrons. The van der Waals surface area contributed by atoms with Gasteiger partial charge in [-0.2, -0.15) is 0 Å². The second-order valence-electron chi connectivity index (χ2n) is 3.99. The maximum atomic E-state index is 11.8. The van der Waals surface area contributed by atoms with Gasteiger partial charge in [0.15, 0.2) is 6.04 Å². The lowest BCUT2D eigenvalue weighted by Crippen LogP contribution is -2.38. The van der Waals surface area contributed by atoms with Crippen LogP contribution in [0.4, 0.5) is 0 Å². The summed E-state index contributed by atoms with van der Waals surface area (Å²) in [5, 5.41) is 0. The fourth-order valence-electron chi connectivity index (χ4n) is 2.02. The first-order valence-corrected chi connectivity index (χ1v) is 5.63. The number of methoxy groups -OCH3 is 1. The van der Waals surface area contributed by atoms with Crippen LogP contribution in [0.5, 0.6) is 0 Å². The number of carbonyl (C=O) groups is 3. The molecule has 2 rings (SSSR count). The molecule has 0 bridgehead atoms. The summed E-state index contributed by atoms with van der Waals surface area (Å²) in [5.74, 6) is -1.27. The molecule has 1 saturated heterocycles. The minimum absolute atomic E-state index is 0.152. The Morgan fingerprint density at radius 1 is 1.17 bits per heavy atom. The maximum absolute atomic E-state index is 11.8. The average molecular weight is 247 g/mol. The Hall–Kier alpha value is -2.17. The summed E-state index contributed by atoms with van der Waals surface area (Å²) < 4.78 is 4.69. The zero-order valence-corrected chi connectivity index (χ0v) is 9.96. The highest BCUT2D eigenvalue weighted by Gasteiger charge is 2.40. The first kappa shape index (κ1) is 12.3. The fraction of sp³-hybridized carbons (Fsp3) is 0.308. The smallest absolute Gasteiger partial charge is 0.333 e. The van der Waals surface area contributed by atoms with Crippen LogP contribution in [0.2, 0.25) is 0 Å². The van der Waals surface area contributed by atoms with Crippen LogP contribution >= 0.6 is 0 Å². The maximum Gasteiger partial charge on any atom is 0.333 e. The van der Waals surface area contributed by atoms with Crippen LogP contribution in [0, 0.1) is 0 Å². The molecule has 1 aromatic carbocycles. The number of imide groups is 1. The summed E-state index contributed by atoms with van der Waals surface area (Å²) >= 11 is 0. The van der Waals surface area contributed by atoms with Crippen LogP contribution in [-0.2, 0) is 19.1 Å². The molecule has 0 spiro atoms. The lowest BCUT2D eigenvalue weighted by atomic mass is 10.1. The monoisotopic (exact) mass is 247 g/mol. The zero-order chi connectivity index (χ0) is 13.1. The second-order valence-corrected chi connectivity index (χ2v) is 3.99. The zero-order valence-electron chi connectivity index (χ0n) is 9.96. The predicted molar refractivity (Wildman–Crippen MR) is 62.3 cm³/mol. The molecule has 5 nitrogen and oxygen atoms in total. The fourth-order valence-corrected chi connectivity index (χ4v) is 2.02. The standard InChI is InChI=1S/C13H13NO4/c1-18-13(17)12(9-5-3-2-4-6-9)14-10(15)7-8-11(14)16/h2-6,12H,7-8H2,1H3/t12-/m0/s1. The van der Waals surface area contributed by atoms with Crippen molar-refractivity contribution in [2.24, 2.45) is 0 Å². The number of hydrogen-bond acceptors (Lipinski definition) is 4. The van der Waals surface area contributed by atoms with Crippen LogP contribution in [0.3, 0.4) is 0 Å². The van der Waals surface area contributed by atoms with Gasteiger partial charge < -0.3 is 4.74 Å². The lowest BCUT2D eigenvalue weighted by Gasteiger charge is -2.24. The normalized spacial score (nSPS) is 16.8. The first-order valence-electron chi connectivity index (χ1n) is 5.63. The van der Waals surface area contributed by atoms with Crippen molar-refractivity contribution in [3.8, 4) is 0 Å². The quantitative estimate of drug-likeness (QED) is 0.591. The van der Waals surface area contributed by atoms with E-state index in [0.717, 1.165) is 4.90 Å². The molecule has 0 unspecified atom stereocenters. The van der Waals surface area contributed by atoms with Gasteiger partial charge in [0, 0.05) is 12.8 Å². The largest absolute Gasteiger partial charge is 0.467 e. The van der Waals surface area contributed by atoms with Crippen molar-refractivity contribution in [2.75, 3.05) is 7.11 Å². The molecule has 2 amide bonds. The topological polar surface area (TPSA) is 63.7 Å². The van der Waals surface area contributed by atoms with Gasteiger partial charge in [-0.1, -0.05) is 30.3 Å². The van der Waals surface area contributed by atoms with E-state index in [4.69, 9.17) is 4.74 Å². The molecule has 1 fully saturated rings. The van der Waals surface area contributed by atoms with E-state index in [1.54, 1.807) is 30.3 Å². The highest BCUT2D eigenvalue weighted by atomic mass is 16.5.